The van der Waals surface area contributed by atoms with Crippen molar-refractivity contribution >= 4 is 17.5 Å². The highest BCUT2D eigenvalue weighted by Gasteiger charge is 2.11. The fourth-order valence-corrected chi connectivity index (χ4v) is 2.55. The number of hydrogen-bond acceptors (Lipinski definition) is 5. The van der Waals surface area contributed by atoms with E-state index in [0.717, 1.165) is 11.1 Å². The van der Waals surface area contributed by atoms with E-state index in [1.54, 1.807) is 25.3 Å². The van der Waals surface area contributed by atoms with Gasteiger partial charge in [-0.2, -0.15) is 4.98 Å². The molecule has 0 spiro atoms. The molecule has 0 unspecified atom stereocenters. The molecule has 6 nitrogen and oxygen atoms in total. The summed E-state index contributed by atoms with van der Waals surface area (Å²) in [4.78, 5) is 16.3. The number of amides is 1. The van der Waals surface area contributed by atoms with E-state index in [-0.39, 0.29) is 18.9 Å². The summed E-state index contributed by atoms with van der Waals surface area (Å²) < 4.78 is 10.3. The van der Waals surface area contributed by atoms with Gasteiger partial charge in [0.1, 0.15) is 5.75 Å². The van der Waals surface area contributed by atoms with Crippen molar-refractivity contribution < 1.29 is 14.1 Å². The first-order valence-electron chi connectivity index (χ1n) is 7.63. The average molecular weight is 358 g/mol. The molecule has 25 heavy (non-hydrogen) atoms. The fraction of sp³-hybridized carbons (Fsp3) is 0.167. The standard InChI is InChI=1S/C18H16ClN3O3/c1-24-15-8-7-12(9-14(15)19)10-17(23)20-11-16-21-18(25-22-16)13-5-3-2-4-6-13/h2-9H,10-11H2,1H3,(H,20,23). The molecule has 2 aromatic carbocycles. The number of benzene rings is 2. The number of ether oxygens (including phenoxy) is 1. The van der Waals surface area contributed by atoms with Crippen LogP contribution in [0.15, 0.2) is 53.1 Å². The molecule has 1 heterocycles. The Morgan fingerprint density at radius 2 is 2.04 bits per heavy atom. The van der Waals surface area contributed by atoms with Crippen molar-refractivity contribution in [2.75, 3.05) is 7.11 Å². The Kier molecular flexibility index (Phi) is 5.30. The van der Waals surface area contributed by atoms with Gasteiger partial charge in [0.25, 0.3) is 5.89 Å². The van der Waals surface area contributed by atoms with Crippen LogP contribution < -0.4 is 10.1 Å². The van der Waals surface area contributed by atoms with Crippen molar-refractivity contribution in [2.24, 2.45) is 0 Å². The van der Waals surface area contributed by atoms with Gasteiger partial charge in [-0.25, -0.2) is 0 Å². The summed E-state index contributed by atoms with van der Waals surface area (Å²) in [7, 11) is 1.54. The van der Waals surface area contributed by atoms with Crippen LogP contribution in [0.5, 0.6) is 5.75 Å². The van der Waals surface area contributed by atoms with Gasteiger partial charge in [-0.3, -0.25) is 4.79 Å². The number of rotatable bonds is 6. The number of methoxy groups -OCH3 is 1. The molecule has 7 heteroatoms. The smallest absolute Gasteiger partial charge is 0.257 e. The van der Waals surface area contributed by atoms with Crippen LogP contribution in [0.3, 0.4) is 0 Å². The molecule has 1 aromatic heterocycles. The minimum Gasteiger partial charge on any atom is -0.495 e. The minimum absolute atomic E-state index is 0.160. The molecule has 0 radical (unpaired) electrons. The molecular formula is C18H16ClN3O3. The molecule has 0 bridgehead atoms. The van der Waals surface area contributed by atoms with Gasteiger partial charge in [-0.05, 0) is 29.8 Å². The second-order valence-electron chi connectivity index (χ2n) is 5.30. The number of nitrogens with one attached hydrogen (secondary N) is 1. The Bertz CT molecular complexity index is 865. The van der Waals surface area contributed by atoms with Crippen molar-refractivity contribution in [2.45, 2.75) is 13.0 Å². The molecule has 3 aromatic rings. The zero-order chi connectivity index (χ0) is 17.6. The van der Waals surface area contributed by atoms with Gasteiger partial charge >= 0.3 is 0 Å². The van der Waals surface area contributed by atoms with Gasteiger partial charge < -0.3 is 14.6 Å². The quantitative estimate of drug-likeness (QED) is 0.732. The highest BCUT2D eigenvalue weighted by atomic mass is 35.5. The van der Waals surface area contributed by atoms with Crippen molar-refractivity contribution in [3.63, 3.8) is 0 Å². The average Bonchev–Trinajstić information content (AvgIpc) is 3.10. The normalized spacial score (nSPS) is 10.5. The summed E-state index contributed by atoms with van der Waals surface area (Å²) in [5, 5.41) is 7.10. The molecule has 0 aliphatic carbocycles. The summed E-state index contributed by atoms with van der Waals surface area (Å²) in [5.74, 6) is 1.25. The van der Waals surface area contributed by atoms with E-state index in [0.29, 0.717) is 22.5 Å². The number of hydrogen-bond donors (Lipinski definition) is 1. The summed E-state index contributed by atoms with van der Waals surface area (Å²) in [5.41, 5.74) is 1.63. The van der Waals surface area contributed by atoms with Gasteiger partial charge in [-0.1, -0.05) is 41.0 Å². The van der Waals surface area contributed by atoms with Crippen LogP contribution >= 0.6 is 11.6 Å². The lowest BCUT2D eigenvalue weighted by atomic mass is 10.1. The van der Waals surface area contributed by atoms with Crippen LogP contribution in [0.4, 0.5) is 0 Å². The molecule has 0 fully saturated rings. The number of halogens is 1. The lowest BCUT2D eigenvalue weighted by Crippen LogP contribution is -2.25. The number of nitrogens with zero attached hydrogens (tertiary/aromatic N) is 2. The molecule has 0 aliphatic heterocycles. The van der Waals surface area contributed by atoms with E-state index in [1.165, 1.54) is 0 Å². The molecule has 1 amide bonds. The first-order valence-corrected chi connectivity index (χ1v) is 8.00. The van der Waals surface area contributed by atoms with Crippen LogP contribution in [0.25, 0.3) is 11.5 Å². The first-order chi connectivity index (χ1) is 12.2. The van der Waals surface area contributed by atoms with E-state index in [2.05, 4.69) is 15.5 Å². The zero-order valence-corrected chi connectivity index (χ0v) is 14.3. The second-order valence-corrected chi connectivity index (χ2v) is 5.71. The fourth-order valence-electron chi connectivity index (χ4n) is 2.27. The van der Waals surface area contributed by atoms with E-state index in [1.807, 2.05) is 30.3 Å². The maximum atomic E-state index is 12.1. The Hall–Kier alpha value is -2.86. The van der Waals surface area contributed by atoms with Gasteiger partial charge in [0.05, 0.1) is 25.1 Å². The van der Waals surface area contributed by atoms with Gasteiger partial charge in [0.15, 0.2) is 5.82 Å². The van der Waals surface area contributed by atoms with E-state index < -0.39 is 0 Å². The first kappa shape index (κ1) is 17.0. The molecule has 3 rings (SSSR count). The number of carbonyl (C=O) groups excluding carboxylic acids is 1. The Morgan fingerprint density at radius 3 is 2.76 bits per heavy atom. The topological polar surface area (TPSA) is 77.2 Å². The molecular weight excluding hydrogens is 342 g/mol. The van der Waals surface area contributed by atoms with Gasteiger partial charge in [-0.15, -0.1) is 0 Å². The number of carbonyl (C=O) groups is 1. The van der Waals surface area contributed by atoms with Crippen molar-refractivity contribution in [3.05, 3.63) is 64.9 Å². The van der Waals surface area contributed by atoms with Crippen LogP contribution in [-0.4, -0.2) is 23.2 Å². The van der Waals surface area contributed by atoms with E-state index in [9.17, 15) is 4.79 Å². The van der Waals surface area contributed by atoms with Crippen molar-refractivity contribution in [3.8, 4) is 17.2 Å². The predicted molar refractivity (Wildman–Crippen MR) is 93.3 cm³/mol. The summed E-state index contributed by atoms with van der Waals surface area (Å²) in [6, 6.07) is 14.7. The van der Waals surface area contributed by atoms with Crippen LogP contribution in [-0.2, 0) is 17.8 Å². The monoisotopic (exact) mass is 357 g/mol. The maximum Gasteiger partial charge on any atom is 0.257 e. The lowest BCUT2D eigenvalue weighted by Gasteiger charge is -2.06. The van der Waals surface area contributed by atoms with Crippen LogP contribution in [0, 0.1) is 0 Å². The molecule has 0 saturated heterocycles. The third-order valence-electron chi connectivity index (χ3n) is 3.51. The largest absolute Gasteiger partial charge is 0.495 e. The Balaban J connectivity index is 1.56. The molecule has 0 aliphatic rings. The summed E-state index contributed by atoms with van der Waals surface area (Å²) >= 11 is 6.06. The van der Waals surface area contributed by atoms with Crippen LogP contribution in [0.2, 0.25) is 5.02 Å². The van der Waals surface area contributed by atoms with Crippen molar-refractivity contribution in [1.29, 1.82) is 0 Å². The van der Waals surface area contributed by atoms with Crippen molar-refractivity contribution in [1.82, 2.24) is 15.5 Å². The highest BCUT2D eigenvalue weighted by Crippen LogP contribution is 2.25. The molecule has 0 saturated carbocycles. The molecule has 1 N–H and O–H groups in total. The maximum absolute atomic E-state index is 12.1. The third-order valence-corrected chi connectivity index (χ3v) is 3.81. The predicted octanol–water partition coefficient (Wildman–Crippen LogP) is 3.26. The number of aromatic nitrogens is 2. The van der Waals surface area contributed by atoms with Gasteiger partial charge in [0, 0.05) is 5.56 Å². The Labute approximate surface area is 149 Å². The second kappa shape index (κ2) is 7.81. The third kappa shape index (κ3) is 4.36. The zero-order valence-electron chi connectivity index (χ0n) is 13.5. The SMILES string of the molecule is COc1ccc(CC(=O)NCc2noc(-c3ccccc3)n2)cc1Cl. The molecule has 0 atom stereocenters. The summed E-state index contributed by atoms with van der Waals surface area (Å²) in [6.07, 6.45) is 0.201. The van der Waals surface area contributed by atoms with Gasteiger partial charge in [0.2, 0.25) is 5.91 Å². The van der Waals surface area contributed by atoms with E-state index >= 15 is 0 Å². The van der Waals surface area contributed by atoms with E-state index in [4.69, 9.17) is 20.9 Å². The Morgan fingerprint density at radius 1 is 1.24 bits per heavy atom. The summed E-state index contributed by atoms with van der Waals surface area (Å²) in [6.45, 7) is 0.194. The molecule has 128 valence electrons. The minimum atomic E-state index is -0.160. The lowest BCUT2D eigenvalue weighted by molar-refractivity contribution is -0.120. The van der Waals surface area contributed by atoms with Crippen LogP contribution in [0.1, 0.15) is 11.4 Å². The highest BCUT2D eigenvalue weighted by molar-refractivity contribution is 6.32.